The summed E-state index contributed by atoms with van der Waals surface area (Å²) < 4.78 is 1.49. The standard InChI is InChI=1S/C12H21N5O3/c1-13-5-4-6-16(2)12(20)15-10(11(18)19)9-7-14-17(3)8-9/h7-8,10,13H,4-6H2,1-3H3,(H,15,20)(H,18,19). The first-order valence-electron chi connectivity index (χ1n) is 6.33. The number of carboxylic acid groups (broad SMARTS) is 1. The van der Waals surface area contributed by atoms with E-state index in [1.165, 1.54) is 15.8 Å². The Morgan fingerprint density at radius 1 is 1.55 bits per heavy atom. The van der Waals surface area contributed by atoms with Crippen LogP contribution in [-0.2, 0) is 11.8 Å². The number of nitrogens with one attached hydrogen (secondary N) is 2. The molecule has 1 aromatic rings. The summed E-state index contributed by atoms with van der Waals surface area (Å²) in [5, 5.41) is 18.6. The quantitative estimate of drug-likeness (QED) is 0.602. The lowest BCUT2D eigenvalue weighted by Crippen LogP contribution is -2.42. The van der Waals surface area contributed by atoms with Crippen molar-refractivity contribution in [1.82, 2.24) is 25.3 Å². The molecule has 1 atom stereocenters. The van der Waals surface area contributed by atoms with Crippen molar-refractivity contribution in [1.29, 1.82) is 0 Å². The lowest BCUT2D eigenvalue weighted by Gasteiger charge is -2.20. The second-order valence-electron chi connectivity index (χ2n) is 4.55. The highest BCUT2D eigenvalue weighted by Crippen LogP contribution is 2.12. The van der Waals surface area contributed by atoms with Gasteiger partial charge in [-0.15, -0.1) is 0 Å². The fraction of sp³-hybridized carbons (Fsp3) is 0.583. The molecule has 0 aliphatic rings. The second kappa shape index (κ2) is 7.49. The average Bonchev–Trinajstić information content (AvgIpc) is 2.81. The number of aliphatic carboxylic acids is 1. The zero-order valence-corrected chi connectivity index (χ0v) is 12.0. The van der Waals surface area contributed by atoms with Crippen LogP contribution < -0.4 is 10.6 Å². The number of nitrogens with zero attached hydrogens (tertiary/aromatic N) is 3. The van der Waals surface area contributed by atoms with Gasteiger partial charge in [0.15, 0.2) is 6.04 Å². The molecule has 0 saturated heterocycles. The number of carbonyl (C=O) groups excluding carboxylic acids is 1. The molecule has 0 aromatic carbocycles. The van der Waals surface area contributed by atoms with Crippen LogP contribution in [0.3, 0.4) is 0 Å². The first-order chi connectivity index (χ1) is 9.45. The molecule has 1 aromatic heterocycles. The SMILES string of the molecule is CNCCCN(C)C(=O)NC(C(=O)O)c1cnn(C)c1. The first kappa shape index (κ1) is 16.0. The molecule has 1 unspecified atom stereocenters. The molecule has 0 fully saturated rings. The molecule has 0 bridgehead atoms. The van der Waals surface area contributed by atoms with Crippen molar-refractivity contribution in [3.63, 3.8) is 0 Å². The molecule has 0 saturated carbocycles. The Labute approximate surface area is 117 Å². The minimum absolute atomic E-state index is 0.419. The van der Waals surface area contributed by atoms with Crippen molar-refractivity contribution in [3.05, 3.63) is 18.0 Å². The topological polar surface area (TPSA) is 99.5 Å². The van der Waals surface area contributed by atoms with Crippen LogP contribution in [0.4, 0.5) is 4.79 Å². The van der Waals surface area contributed by atoms with E-state index in [1.807, 2.05) is 7.05 Å². The smallest absolute Gasteiger partial charge is 0.331 e. The Kier molecular flexibility index (Phi) is 5.98. The maximum absolute atomic E-state index is 11.9. The summed E-state index contributed by atoms with van der Waals surface area (Å²) in [6.07, 6.45) is 3.80. The van der Waals surface area contributed by atoms with Gasteiger partial charge in [0, 0.05) is 32.4 Å². The van der Waals surface area contributed by atoms with E-state index in [0.29, 0.717) is 12.1 Å². The van der Waals surface area contributed by atoms with Gasteiger partial charge in [0.2, 0.25) is 0 Å². The van der Waals surface area contributed by atoms with Gasteiger partial charge < -0.3 is 20.6 Å². The van der Waals surface area contributed by atoms with Gasteiger partial charge in [-0.25, -0.2) is 9.59 Å². The lowest BCUT2D eigenvalue weighted by molar-refractivity contribution is -0.139. The van der Waals surface area contributed by atoms with Crippen LogP contribution in [0, 0.1) is 0 Å². The zero-order valence-electron chi connectivity index (χ0n) is 12.0. The number of hydrogen-bond acceptors (Lipinski definition) is 4. The maximum Gasteiger partial charge on any atom is 0.331 e. The van der Waals surface area contributed by atoms with E-state index in [0.717, 1.165) is 13.0 Å². The number of hydrogen-bond donors (Lipinski definition) is 3. The molecule has 20 heavy (non-hydrogen) atoms. The number of carbonyl (C=O) groups is 2. The van der Waals surface area contributed by atoms with E-state index in [4.69, 9.17) is 0 Å². The predicted molar refractivity (Wildman–Crippen MR) is 73.3 cm³/mol. The van der Waals surface area contributed by atoms with Crippen LogP contribution >= 0.6 is 0 Å². The van der Waals surface area contributed by atoms with Gasteiger partial charge in [-0.1, -0.05) is 0 Å². The van der Waals surface area contributed by atoms with Gasteiger partial charge >= 0.3 is 12.0 Å². The third-order valence-electron chi connectivity index (χ3n) is 2.84. The maximum atomic E-state index is 11.9. The number of aryl methyl sites for hydroxylation is 1. The molecule has 112 valence electrons. The highest BCUT2D eigenvalue weighted by atomic mass is 16.4. The van der Waals surface area contributed by atoms with Crippen molar-refractivity contribution >= 4 is 12.0 Å². The fourth-order valence-electron chi connectivity index (χ4n) is 1.71. The normalized spacial score (nSPS) is 11.9. The van der Waals surface area contributed by atoms with Gasteiger partial charge in [0.25, 0.3) is 0 Å². The van der Waals surface area contributed by atoms with E-state index in [9.17, 15) is 14.7 Å². The minimum Gasteiger partial charge on any atom is -0.479 e. The number of aromatic nitrogens is 2. The molecular formula is C12H21N5O3. The lowest BCUT2D eigenvalue weighted by atomic mass is 10.1. The van der Waals surface area contributed by atoms with Crippen molar-refractivity contribution in [2.45, 2.75) is 12.5 Å². The van der Waals surface area contributed by atoms with E-state index in [-0.39, 0.29) is 0 Å². The van der Waals surface area contributed by atoms with Crippen LogP contribution in [0.15, 0.2) is 12.4 Å². The van der Waals surface area contributed by atoms with Gasteiger partial charge in [-0.05, 0) is 20.0 Å². The summed E-state index contributed by atoms with van der Waals surface area (Å²) in [5.41, 5.74) is 0.442. The highest BCUT2D eigenvalue weighted by molar-refractivity contribution is 5.83. The third-order valence-corrected chi connectivity index (χ3v) is 2.84. The van der Waals surface area contributed by atoms with Crippen LogP contribution in [0.25, 0.3) is 0 Å². The Bertz CT molecular complexity index is 460. The van der Waals surface area contributed by atoms with Crippen molar-refractivity contribution in [3.8, 4) is 0 Å². The monoisotopic (exact) mass is 283 g/mol. The van der Waals surface area contributed by atoms with Crippen molar-refractivity contribution < 1.29 is 14.7 Å². The van der Waals surface area contributed by atoms with Gasteiger partial charge in [-0.2, -0.15) is 5.10 Å². The summed E-state index contributed by atoms with van der Waals surface area (Å²) in [4.78, 5) is 24.6. The number of urea groups is 1. The van der Waals surface area contributed by atoms with Crippen molar-refractivity contribution in [2.24, 2.45) is 7.05 Å². The Balaban J connectivity index is 2.62. The molecule has 0 radical (unpaired) electrons. The molecule has 0 spiro atoms. The van der Waals surface area contributed by atoms with Crippen LogP contribution in [0.5, 0.6) is 0 Å². The van der Waals surface area contributed by atoms with Crippen LogP contribution in [0.1, 0.15) is 18.0 Å². The molecule has 2 amide bonds. The average molecular weight is 283 g/mol. The second-order valence-corrected chi connectivity index (χ2v) is 4.55. The largest absolute Gasteiger partial charge is 0.479 e. The summed E-state index contributed by atoms with van der Waals surface area (Å²) >= 11 is 0. The fourth-order valence-corrected chi connectivity index (χ4v) is 1.71. The van der Waals surface area contributed by atoms with E-state index in [1.54, 1.807) is 20.3 Å². The molecule has 3 N–H and O–H groups in total. The van der Waals surface area contributed by atoms with Crippen molar-refractivity contribution in [2.75, 3.05) is 27.2 Å². The summed E-state index contributed by atoms with van der Waals surface area (Å²) in [6.45, 7) is 1.34. The summed E-state index contributed by atoms with van der Waals surface area (Å²) in [5.74, 6) is -1.12. The van der Waals surface area contributed by atoms with Crippen LogP contribution in [0.2, 0.25) is 0 Å². The molecular weight excluding hydrogens is 262 g/mol. The van der Waals surface area contributed by atoms with Gasteiger partial charge in [0.1, 0.15) is 0 Å². The van der Waals surface area contributed by atoms with E-state index < -0.39 is 18.0 Å². The van der Waals surface area contributed by atoms with E-state index >= 15 is 0 Å². The Morgan fingerprint density at radius 2 is 2.25 bits per heavy atom. The summed E-state index contributed by atoms with van der Waals surface area (Å²) in [7, 11) is 5.16. The highest BCUT2D eigenvalue weighted by Gasteiger charge is 2.24. The Morgan fingerprint density at radius 3 is 2.75 bits per heavy atom. The molecule has 0 aliphatic carbocycles. The van der Waals surface area contributed by atoms with Gasteiger partial charge in [0.05, 0.1) is 6.20 Å². The molecule has 0 aliphatic heterocycles. The van der Waals surface area contributed by atoms with Crippen LogP contribution in [-0.4, -0.2) is 59.0 Å². The first-order valence-corrected chi connectivity index (χ1v) is 6.33. The molecule has 1 rings (SSSR count). The van der Waals surface area contributed by atoms with E-state index in [2.05, 4.69) is 15.7 Å². The molecule has 8 nitrogen and oxygen atoms in total. The number of rotatable bonds is 7. The number of carboxylic acids is 1. The molecule has 8 heteroatoms. The molecule has 1 heterocycles. The minimum atomic E-state index is -1.12. The van der Waals surface area contributed by atoms with Gasteiger partial charge in [-0.3, -0.25) is 4.68 Å². The predicted octanol–water partition coefficient (Wildman–Crippen LogP) is -0.203. The third kappa shape index (κ3) is 4.54. The zero-order chi connectivity index (χ0) is 15.1. The Hall–Kier alpha value is -2.09. The summed E-state index contributed by atoms with van der Waals surface area (Å²) in [6, 6.07) is -1.51. The number of amides is 2.